The monoisotopic (exact) mass is 256 g/mol. The molecule has 1 aromatic rings. The molecule has 1 N–H and O–H groups in total. The highest BCUT2D eigenvalue weighted by Gasteiger charge is 2.77. The topological polar surface area (TPSA) is 55.8 Å². The van der Waals surface area contributed by atoms with Gasteiger partial charge in [0.05, 0.1) is 0 Å². The number of ether oxygens (including phenoxy) is 2. The summed E-state index contributed by atoms with van der Waals surface area (Å²) in [7, 11) is 0. The van der Waals surface area contributed by atoms with E-state index in [1.807, 2.05) is 0 Å². The average molecular weight is 256 g/mol. The van der Waals surface area contributed by atoms with E-state index in [4.69, 9.17) is 14.6 Å². The van der Waals surface area contributed by atoms with Crippen molar-refractivity contribution < 1.29 is 28.2 Å². The molecule has 4 nitrogen and oxygen atoms in total. The summed E-state index contributed by atoms with van der Waals surface area (Å²) in [5.41, 5.74) is -2.05. The van der Waals surface area contributed by atoms with E-state index in [0.717, 1.165) is 0 Å². The highest BCUT2D eigenvalue weighted by atomic mass is 19.3. The van der Waals surface area contributed by atoms with Crippen LogP contribution in [0, 0.1) is 0 Å². The van der Waals surface area contributed by atoms with Crippen molar-refractivity contribution in [3.05, 3.63) is 23.8 Å². The lowest BCUT2D eigenvalue weighted by molar-refractivity contribution is -0.142. The Hall–Kier alpha value is -1.85. The van der Waals surface area contributed by atoms with Crippen LogP contribution in [0.25, 0.3) is 0 Å². The number of carbonyl (C=O) groups is 1. The first-order valence-corrected chi connectivity index (χ1v) is 5.49. The van der Waals surface area contributed by atoms with Crippen LogP contribution in [-0.2, 0) is 10.2 Å². The normalized spacial score (nSPS) is 27.7. The van der Waals surface area contributed by atoms with Gasteiger partial charge in [0.25, 0.3) is 5.92 Å². The summed E-state index contributed by atoms with van der Waals surface area (Å²) in [4.78, 5) is 11.1. The molecule has 1 saturated carbocycles. The first-order chi connectivity index (χ1) is 8.47. The fourth-order valence-electron chi connectivity index (χ4n) is 2.27. The maximum atomic E-state index is 13.4. The van der Waals surface area contributed by atoms with E-state index in [2.05, 4.69) is 0 Å². The van der Waals surface area contributed by atoms with E-state index in [-0.39, 0.29) is 5.56 Å². The molecule has 0 saturated heterocycles. The molecule has 0 amide bonds. The number of alkyl halides is 2. The van der Waals surface area contributed by atoms with Gasteiger partial charge in [0.2, 0.25) is 0 Å². The van der Waals surface area contributed by atoms with E-state index in [1.54, 1.807) is 0 Å². The second-order valence-electron chi connectivity index (χ2n) is 4.45. The Balaban J connectivity index is 2.05. The van der Waals surface area contributed by atoms with Gasteiger partial charge < -0.3 is 14.6 Å². The number of halogens is 2. The van der Waals surface area contributed by atoms with Crippen molar-refractivity contribution in [3.8, 4) is 11.5 Å². The summed E-state index contributed by atoms with van der Waals surface area (Å²) in [5.74, 6) is -3.94. The standard InChI is InChI=1S/C12H10F2O4/c13-12(14)6-11(12,10(15)16)7-1-2-8-9(5-7)18-4-3-17-8/h1-2,5H,3-4,6H2,(H,15,16). The Morgan fingerprint density at radius 1 is 1.22 bits per heavy atom. The Morgan fingerprint density at radius 3 is 2.39 bits per heavy atom. The molecule has 1 heterocycles. The van der Waals surface area contributed by atoms with Gasteiger partial charge in [-0.2, -0.15) is 0 Å². The van der Waals surface area contributed by atoms with Crippen LogP contribution >= 0.6 is 0 Å². The molecule has 0 aromatic heterocycles. The third-order valence-electron chi connectivity index (χ3n) is 3.39. The number of carboxylic acids is 1. The molecule has 1 unspecified atom stereocenters. The molecule has 0 spiro atoms. The van der Waals surface area contributed by atoms with Gasteiger partial charge in [-0.25, -0.2) is 8.78 Å². The van der Waals surface area contributed by atoms with Crippen LogP contribution in [0.1, 0.15) is 12.0 Å². The highest BCUT2D eigenvalue weighted by Crippen LogP contribution is 2.62. The first-order valence-electron chi connectivity index (χ1n) is 5.49. The molecular formula is C12H10F2O4. The van der Waals surface area contributed by atoms with Gasteiger partial charge in [-0.15, -0.1) is 0 Å². The predicted octanol–water partition coefficient (Wildman–Crippen LogP) is 1.82. The van der Waals surface area contributed by atoms with Crippen LogP contribution in [0.4, 0.5) is 8.78 Å². The molecule has 1 atom stereocenters. The number of hydrogen-bond acceptors (Lipinski definition) is 3. The average Bonchev–Trinajstić information content (AvgIpc) is 2.93. The number of benzene rings is 1. The highest BCUT2D eigenvalue weighted by molar-refractivity contribution is 5.88. The third-order valence-corrected chi connectivity index (χ3v) is 3.39. The van der Waals surface area contributed by atoms with Gasteiger partial charge in [-0.05, 0) is 17.7 Å². The maximum Gasteiger partial charge on any atom is 0.320 e. The zero-order chi connectivity index (χ0) is 13.0. The van der Waals surface area contributed by atoms with Crippen LogP contribution in [0.2, 0.25) is 0 Å². The summed E-state index contributed by atoms with van der Waals surface area (Å²) in [6.07, 6.45) is -0.672. The molecular weight excluding hydrogens is 246 g/mol. The van der Waals surface area contributed by atoms with Crippen molar-refractivity contribution in [2.45, 2.75) is 17.8 Å². The van der Waals surface area contributed by atoms with Gasteiger partial charge in [0.1, 0.15) is 13.2 Å². The molecule has 1 aromatic carbocycles. The minimum Gasteiger partial charge on any atom is -0.486 e. The van der Waals surface area contributed by atoms with Crippen LogP contribution in [0.3, 0.4) is 0 Å². The van der Waals surface area contributed by atoms with Gasteiger partial charge in [-0.1, -0.05) is 6.07 Å². The fraction of sp³-hybridized carbons (Fsp3) is 0.417. The van der Waals surface area contributed by atoms with E-state index >= 15 is 0 Å². The van der Waals surface area contributed by atoms with E-state index < -0.39 is 23.7 Å². The summed E-state index contributed by atoms with van der Waals surface area (Å²) in [5, 5.41) is 9.04. The van der Waals surface area contributed by atoms with Gasteiger partial charge >= 0.3 is 5.97 Å². The Labute approximate surface area is 101 Å². The SMILES string of the molecule is O=C(O)C1(c2ccc3c(c2)OCCO3)CC1(F)F. The number of hydrogen-bond donors (Lipinski definition) is 1. The van der Waals surface area contributed by atoms with E-state index in [1.165, 1.54) is 18.2 Å². The fourth-order valence-corrected chi connectivity index (χ4v) is 2.27. The predicted molar refractivity (Wildman–Crippen MR) is 56.3 cm³/mol. The molecule has 2 aliphatic rings. The van der Waals surface area contributed by atoms with Crippen molar-refractivity contribution in [1.82, 2.24) is 0 Å². The molecule has 96 valence electrons. The van der Waals surface area contributed by atoms with Gasteiger partial charge in [0, 0.05) is 6.42 Å². The summed E-state index contributed by atoms with van der Waals surface area (Å²) < 4.78 is 37.3. The smallest absolute Gasteiger partial charge is 0.320 e. The summed E-state index contributed by atoms with van der Waals surface area (Å²) in [6, 6.07) is 4.18. The summed E-state index contributed by atoms with van der Waals surface area (Å²) in [6.45, 7) is 0.722. The second-order valence-corrected chi connectivity index (χ2v) is 4.45. The number of fused-ring (bicyclic) bond motifs is 1. The number of aliphatic carboxylic acids is 1. The van der Waals surface area contributed by atoms with Crippen LogP contribution < -0.4 is 9.47 Å². The molecule has 0 bridgehead atoms. The van der Waals surface area contributed by atoms with E-state index in [9.17, 15) is 13.6 Å². The van der Waals surface area contributed by atoms with Gasteiger partial charge in [-0.3, -0.25) is 4.79 Å². The van der Waals surface area contributed by atoms with Crippen LogP contribution in [0.5, 0.6) is 11.5 Å². The molecule has 3 rings (SSSR count). The van der Waals surface area contributed by atoms with Crippen LogP contribution in [-0.4, -0.2) is 30.2 Å². The van der Waals surface area contributed by atoms with E-state index in [0.29, 0.717) is 24.7 Å². The number of carboxylic acid groups (broad SMARTS) is 1. The molecule has 1 fully saturated rings. The maximum absolute atomic E-state index is 13.4. The van der Waals surface area contributed by atoms with Crippen molar-refractivity contribution in [3.63, 3.8) is 0 Å². The minimum absolute atomic E-state index is 0.0595. The van der Waals surface area contributed by atoms with Crippen LogP contribution in [0.15, 0.2) is 18.2 Å². The Morgan fingerprint density at radius 2 is 1.83 bits per heavy atom. The first kappa shape index (κ1) is 11.3. The quantitative estimate of drug-likeness (QED) is 0.876. The largest absolute Gasteiger partial charge is 0.486 e. The molecule has 18 heavy (non-hydrogen) atoms. The van der Waals surface area contributed by atoms with Crippen molar-refractivity contribution in [1.29, 1.82) is 0 Å². The van der Waals surface area contributed by atoms with Crippen molar-refractivity contribution in [2.24, 2.45) is 0 Å². The molecule has 1 aliphatic carbocycles. The van der Waals surface area contributed by atoms with Gasteiger partial charge in [0.15, 0.2) is 16.9 Å². The third kappa shape index (κ3) is 1.31. The summed E-state index contributed by atoms with van der Waals surface area (Å²) >= 11 is 0. The molecule has 1 aliphatic heterocycles. The lowest BCUT2D eigenvalue weighted by atomic mass is 9.95. The van der Waals surface area contributed by atoms with Crippen molar-refractivity contribution in [2.75, 3.05) is 13.2 Å². The number of rotatable bonds is 2. The molecule has 6 heteroatoms. The minimum atomic E-state index is -3.21. The Bertz CT molecular complexity index is 529. The molecule has 0 radical (unpaired) electrons. The lowest BCUT2D eigenvalue weighted by Gasteiger charge is -2.20. The lowest BCUT2D eigenvalue weighted by Crippen LogP contribution is -2.27. The zero-order valence-corrected chi connectivity index (χ0v) is 9.28. The second kappa shape index (κ2) is 3.34. The Kier molecular flexibility index (Phi) is 2.09. The zero-order valence-electron chi connectivity index (χ0n) is 9.28. The van der Waals surface area contributed by atoms with Crippen molar-refractivity contribution >= 4 is 5.97 Å².